The Balaban J connectivity index is 0.000000521. The first-order valence-electron chi connectivity index (χ1n) is 8.43. The van der Waals surface area contributed by atoms with Crippen molar-refractivity contribution in [1.82, 2.24) is 0 Å². The number of aliphatic hydroxyl groups excluding tert-OH is 1. The van der Waals surface area contributed by atoms with Crippen LogP contribution in [0, 0.1) is 6.92 Å². The molecular formula is C20H28O4. The summed E-state index contributed by atoms with van der Waals surface area (Å²) in [6, 6.07) is 7.87. The predicted molar refractivity (Wildman–Crippen MR) is 96.6 cm³/mol. The number of carbonyl (C=O) groups is 1. The maximum absolute atomic E-state index is 12.3. The number of ether oxygens (including phenoxy) is 2. The van der Waals surface area contributed by atoms with Crippen LogP contribution < -0.4 is 0 Å². The Morgan fingerprint density at radius 1 is 1.25 bits per heavy atom. The summed E-state index contributed by atoms with van der Waals surface area (Å²) in [5, 5.41) is 7.33. The number of carbonyl (C=O) groups excluding carboxylic acids is 1. The van der Waals surface area contributed by atoms with Crippen LogP contribution >= 0.6 is 0 Å². The fourth-order valence-corrected chi connectivity index (χ4v) is 3.24. The van der Waals surface area contributed by atoms with Gasteiger partial charge in [-0.05, 0) is 43.7 Å². The molecule has 1 aliphatic heterocycles. The van der Waals surface area contributed by atoms with Crippen LogP contribution in [-0.2, 0) is 14.3 Å². The summed E-state index contributed by atoms with van der Waals surface area (Å²) in [7, 11) is 1.63. The highest BCUT2D eigenvalue weighted by Gasteiger charge is 2.51. The van der Waals surface area contributed by atoms with E-state index < -0.39 is 5.60 Å². The van der Waals surface area contributed by atoms with Crippen molar-refractivity contribution < 1.29 is 19.4 Å². The van der Waals surface area contributed by atoms with Crippen LogP contribution in [0.25, 0.3) is 5.57 Å². The molecule has 1 heterocycles. The average molecular weight is 332 g/mol. The quantitative estimate of drug-likeness (QED) is 0.616. The van der Waals surface area contributed by atoms with E-state index in [-0.39, 0.29) is 5.97 Å². The third-order valence-electron chi connectivity index (χ3n) is 4.16. The summed E-state index contributed by atoms with van der Waals surface area (Å²) in [6.07, 6.45) is 4.66. The first-order valence-corrected chi connectivity index (χ1v) is 8.43. The van der Waals surface area contributed by atoms with Crippen LogP contribution in [0.1, 0.15) is 50.7 Å². The molecule has 0 radical (unpaired) electrons. The van der Waals surface area contributed by atoms with Gasteiger partial charge in [-0.3, -0.25) is 0 Å². The van der Waals surface area contributed by atoms with Crippen molar-refractivity contribution in [3.8, 4) is 0 Å². The van der Waals surface area contributed by atoms with Gasteiger partial charge < -0.3 is 14.6 Å². The fourth-order valence-electron chi connectivity index (χ4n) is 3.24. The molecule has 0 unspecified atom stereocenters. The Kier molecular flexibility index (Phi) is 7.56. The second-order valence-electron chi connectivity index (χ2n) is 5.50. The van der Waals surface area contributed by atoms with E-state index in [1.54, 1.807) is 7.11 Å². The minimum atomic E-state index is -0.497. The van der Waals surface area contributed by atoms with Crippen LogP contribution in [0.15, 0.2) is 42.9 Å². The number of esters is 1. The number of aryl methyl sites for hydroxylation is 1. The van der Waals surface area contributed by atoms with E-state index in [9.17, 15) is 4.79 Å². The molecule has 4 nitrogen and oxygen atoms in total. The molecule has 3 rings (SSSR count). The highest BCUT2D eigenvalue weighted by molar-refractivity contribution is 6.20. The van der Waals surface area contributed by atoms with Crippen molar-refractivity contribution in [3.05, 3.63) is 54.0 Å². The van der Waals surface area contributed by atoms with Gasteiger partial charge in [-0.2, -0.15) is 0 Å². The van der Waals surface area contributed by atoms with Crippen LogP contribution in [0.4, 0.5) is 0 Å². The molecule has 0 aromatic heterocycles. The summed E-state index contributed by atoms with van der Waals surface area (Å²) in [6.45, 7) is 8.92. The lowest BCUT2D eigenvalue weighted by molar-refractivity contribution is -0.146. The first-order chi connectivity index (χ1) is 11.6. The highest BCUT2D eigenvalue weighted by atomic mass is 16.6. The van der Waals surface area contributed by atoms with Gasteiger partial charge in [-0.1, -0.05) is 44.7 Å². The van der Waals surface area contributed by atoms with Crippen LogP contribution in [0.2, 0.25) is 0 Å². The van der Waals surface area contributed by atoms with Crippen molar-refractivity contribution in [1.29, 1.82) is 0 Å². The summed E-state index contributed by atoms with van der Waals surface area (Å²) in [4.78, 5) is 12.3. The van der Waals surface area contributed by atoms with Crippen LogP contribution in [0.5, 0.6) is 0 Å². The van der Waals surface area contributed by atoms with E-state index in [2.05, 4.69) is 6.58 Å². The van der Waals surface area contributed by atoms with Gasteiger partial charge in [0.25, 0.3) is 0 Å². The molecule has 4 heteroatoms. The SMILES string of the molecule is C=CO.CC.COC1=C(c2ccccc2C)C(=O)OC12CCCC2. The molecule has 1 aromatic rings. The van der Waals surface area contributed by atoms with Gasteiger partial charge in [-0.15, -0.1) is 0 Å². The standard InChI is InChI=1S/C16H18O3.C2H4O.C2H6/c1-11-7-3-4-8-12(11)13-14(18-2)16(19-15(13)17)9-5-6-10-16;1-2-3;1-2/h3-4,7-8H,5-6,9-10H2,1-2H3;2-3H,1H2;1-2H3. The first kappa shape index (κ1) is 19.8. The molecule has 0 amide bonds. The number of methoxy groups -OCH3 is 1. The van der Waals surface area contributed by atoms with E-state index in [0.29, 0.717) is 5.57 Å². The van der Waals surface area contributed by atoms with Gasteiger partial charge in [0.15, 0.2) is 11.4 Å². The van der Waals surface area contributed by atoms with E-state index in [0.717, 1.165) is 48.8 Å². The molecule has 1 saturated carbocycles. The lowest BCUT2D eigenvalue weighted by Gasteiger charge is -2.24. The Hall–Kier alpha value is -2.23. The highest BCUT2D eigenvalue weighted by Crippen LogP contribution is 2.48. The summed E-state index contributed by atoms with van der Waals surface area (Å²) < 4.78 is 11.3. The van der Waals surface area contributed by atoms with Crippen LogP contribution in [0.3, 0.4) is 0 Å². The Bertz CT molecular complexity index is 595. The lowest BCUT2D eigenvalue weighted by Crippen LogP contribution is -2.28. The van der Waals surface area contributed by atoms with Gasteiger partial charge >= 0.3 is 5.97 Å². The van der Waals surface area contributed by atoms with Crippen molar-refractivity contribution in [2.24, 2.45) is 0 Å². The maximum atomic E-state index is 12.3. The Morgan fingerprint density at radius 3 is 2.29 bits per heavy atom. The van der Waals surface area contributed by atoms with Gasteiger partial charge in [-0.25, -0.2) is 4.79 Å². The third-order valence-corrected chi connectivity index (χ3v) is 4.16. The molecule has 2 aliphatic rings. The second-order valence-corrected chi connectivity index (χ2v) is 5.50. The largest absolute Gasteiger partial charge is 0.516 e. The van der Waals surface area contributed by atoms with Gasteiger partial charge in [0.2, 0.25) is 0 Å². The maximum Gasteiger partial charge on any atom is 0.343 e. The molecule has 0 saturated heterocycles. The Morgan fingerprint density at radius 2 is 1.79 bits per heavy atom. The average Bonchev–Trinajstić information content (AvgIpc) is 3.15. The van der Waals surface area contributed by atoms with Crippen molar-refractivity contribution in [2.75, 3.05) is 7.11 Å². The monoisotopic (exact) mass is 332 g/mol. The smallest absolute Gasteiger partial charge is 0.343 e. The van der Waals surface area contributed by atoms with Crippen molar-refractivity contribution in [2.45, 2.75) is 52.1 Å². The molecule has 1 spiro atoms. The molecule has 0 atom stereocenters. The van der Waals surface area contributed by atoms with Gasteiger partial charge in [0.1, 0.15) is 5.57 Å². The minimum absolute atomic E-state index is 0.243. The van der Waals surface area contributed by atoms with Crippen LogP contribution in [-0.4, -0.2) is 23.8 Å². The summed E-state index contributed by atoms with van der Waals surface area (Å²) >= 11 is 0. The molecule has 1 aliphatic carbocycles. The number of hydrogen-bond acceptors (Lipinski definition) is 4. The predicted octanol–water partition coefficient (Wildman–Crippen LogP) is 4.94. The summed E-state index contributed by atoms with van der Waals surface area (Å²) in [5.41, 5.74) is 2.11. The number of hydrogen-bond donors (Lipinski definition) is 1. The zero-order valence-electron chi connectivity index (χ0n) is 15.1. The molecule has 0 bridgehead atoms. The molecule has 1 fully saturated rings. The van der Waals surface area contributed by atoms with E-state index in [1.807, 2.05) is 45.0 Å². The van der Waals surface area contributed by atoms with Gasteiger partial charge in [0, 0.05) is 0 Å². The lowest BCUT2D eigenvalue weighted by atomic mass is 9.93. The van der Waals surface area contributed by atoms with Crippen molar-refractivity contribution >= 4 is 11.5 Å². The number of benzene rings is 1. The normalized spacial score (nSPS) is 17.4. The molecular weight excluding hydrogens is 304 g/mol. The van der Waals surface area contributed by atoms with E-state index in [4.69, 9.17) is 14.6 Å². The second kappa shape index (κ2) is 9.16. The third kappa shape index (κ3) is 3.81. The summed E-state index contributed by atoms with van der Waals surface area (Å²) in [5.74, 6) is 0.484. The molecule has 132 valence electrons. The molecule has 24 heavy (non-hydrogen) atoms. The van der Waals surface area contributed by atoms with E-state index in [1.165, 1.54) is 0 Å². The minimum Gasteiger partial charge on any atom is -0.516 e. The van der Waals surface area contributed by atoms with E-state index >= 15 is 0 Å². The molecule has 1 N–H and O–H groups in total. The zero-order valence-corrected chi connectivity index (χ0v) is 15.1. The molecule has 1 aromatic carbocycles. The topological polar surface area (TPSA) is 55.8 Å². The Labute approximate surface area is 144 Å². The zero-order chi connectivity index (χ0) is 18.2. The van der Waals surface area contributed by atoms with Gasteiger partial charge in [0.05, 0.1) is 13.4 Å². The fraction of sp³-hybridized carbons (Fsp3) is 0.450. The van der Waals surface area contributed by atoms with Crippen molar-refractivity contribution in [3.63, 3.8) is 0 Å². The number of aliphatic hydroxyl groups is 1. The number of rotatable bonds is 2.